The summed E-state index contributed by atoms with van der Waals surface area (Å²) in [6.07, 6.45) is -0.547. The van der Waals surface area contributed by atoms with E-state index >= 15 is 0 Å². The van der Waals surface area contributed by atoms with Crippen LogP contribution in [-0.2, 0) is 14.8 Å². The first-order valence-corrected chi connectivity index (χ1v) is 10.6. The Hall–Kier alpha value is -3.85. The lowest BCUT2D eigenvalue weighted by atomic mass is 10.1. The Morgan fingerprint density at radius 1 is 0.839 bits per heavy atom. The molecule has 160 valence electrons. The van der Waals surface area contributed by atoms with Crippen molar-refractivity contribution in [3.63, 3.8) is 0 Å². The first-order chi connectivity index (χ1) is 14.7. The zero-order chi connectivity index (χ0) is 22.6. The number of rotatable bonds is 8. The minimum atomic E-state index is -4.33. The number of aliphatic carboxylic acids is 1. The van der Waals surface area contributed by atoms with Gasteiger partial charge in [0.2, 0.25) is 0 Å². The number of para-hydroxylation sites is 1. The Kier molecular flexibility index (Phi) is 6.26. The minimum Gasteiger partial charge on any atom is -0.505 e. The van der Waals surface area contributed by atoms with Gasteiger partial charge in [0.25, 0.3) is 10.0 Å². The van der Waals surface area contributed by atoms with E-state index < -0.39 is 46.2 Å². The molecule has 0 radical (unpaired) electrons. The number of nitrogens with zero attached hydrogens (tertiary/aromatic N) is 1. The predicted molar refractivity (Wildman–Crippen MR) is 114 cm³/mol. The summed E-state index contributed by atoms with van der Waals surface area (Å²) in [5, 5.41) is 28.7. The highest BCUT2D eigenvalue weighted by molar-refractivity contribution is 7.92. The lowest BCUT2D eigenvalue weighted by Crippen LogP contribution is -2.33. The number of sulfonamides is 1. The molecule has 0 spiro atoms. The summed E-state index contributed by atoms with van der Waals surface area (Å²) in [5.41, 5.74) is 0.605. The number of phenols is 1. The van der Waals surface area contributed by atoms with Crippen molar-refractivity contribution in [3.8, 4) is 16.9 Å². The molecule has 3 aromatic carbocycles. The highest BCUT2D eigenvalue weighted by Crippen LogP contribution is 2.35. The highest BCUT2D eigenvalue weighted by atomic mass is 32.2. The molecule has 31 heavy (non-hydrogen) atoms. The molecule has 0 saturated heterocycles. The van der Waals surface area contributed by atoms with E-state index in [1.807, 2.05) is 30.3 Å². The maximum atomic E-state index is 13.4. The lowest BCUT2D eigenvalue weighted by molar-refractivity contribution is -0.136. The van der Waals surface area contributed by atoms with Crippen molar-refractivity contribution in [2.45, 2.75) is 11.3 Å². The van der Waals surface area contributed by atoms with Gasteiger partial charge >= 0.3 is 11.9 Å². The number of hydrogen-bond acceptors (Lipinski definition) is 5. The molecule has 0 heterocycles. The molecule has 0 aliphatic rings. The molecular weight excluding hydrogens is 422 g/mol. The fourth-order valence-electron chi connectivity index (χ4n) is 3.07. The zero-order valence-corrected chi connectivity index (χ0v) is 17.0. The SMILES string of the molecule is O=C(O)CCN(c1cccc(C(=O)O)c1O)S(=O)(=O)c1cccc(-c2ccccc2)c1. The first-order valence-electron chi connectivity index (χ1n) is 9.17. The van der Waals surface area contributed by atoms with Crippen molar-refractivity contribution in [1.29, 1.82) is 0 Å². The smallest absolute Gasteiger partial charge is 0.339 e. The molecule has 3 N–H and O–H groups in total. The van der Waals surface area contributed by atoms with Gasteiger partial charge in [-0.3, -0.25) is 9.10 Å². The van der Waals surface area contributed by atoms with Crippen LogP contribution in [0.15, 0.2) is 77.7 Å². The van der Waals surface area contributed by atoms with Crippen LogP contribution < -0.4 is 4.31 Å². The van der Waals surface area contributed by atoms with E-state index in [0.717, 1.165) is 11.6 Å². The average Bonchev–Trinajstić information content (AvgIpc) is 2.75. The van der Waals surface area contributed by atoms with Gasteiger partial charge in [-0.25, -0.2) is 13.2 Å². The predicted octanol–water partition coefficient (Wildman–Crippen LogP) is 3.43. The summed E-state index contributed by atoms with van der Waals surface area (Å²) < 4.78 is 27.6. The second-order valence-corrected chi connectivity index (χ2v) is 8.46. The number of aromatic carboxylic acids is 1. The lowest BCUT2D eigenvalue weighted by Gasteiger charge is -2.25. The topological polar surface area (TPSA) is 132 Å². The molecule has 0 aliphatic heterocycles. The van der Waals surface area contributed by atoms with E-state index in [-0.39, 0.29) is 10.6 Å². The molecule has 9 heteroatoms. The number of carbonyl (C=O) groups is 2. The molecule has 0 amide bonds. The quantitative estimate of drug-likeness (QED) is 0.488. The zero-order valence-electron chi connectivity index (χ0n) is 16.2. The van der Waals surface area contributed by atoms with Gasteiger partial charge in [0.05, 0.1) is 17.0 Å². The van der Waals surface area contributed by atoms with Crippen molar-refractivity contribution < 1.29 is 33.3 Å². The van der Waals surface area contributed by atoms with E-state index in [1.54, 1.807) is 12.1 Å². The van der Waals surface area contributed by atoms with Crippen LogP contribution in [0.3, 0.4) is 0 Å². The Morgan fingerprint density at radius 3 is 2.13 bits per heavy atom. The van der Waals surface area contributed by atoms with Gasteiger partial charge in [-0.1, -0.05) is 48.5 Å². The van der Waals surface area contributed by atoms with E-state index in [2.05, 4.69) is 0 Å². The Balaban J connectivity index is 2.13. The number of anilines is 1. The molecular formula is C22H19NO7S. The van der Waals surface area contributed by atoms with Crippen LogP contribution in [0.4, 0.5) is 5.69 Å². The third-order valence-electron chi connectivity index (χ3n) is 4.57. The maximum absolute atomic E-state index is 13.4. The third-order valence-corrected chi connectivity index (χ3v) is 6.38. The van der Waals surface area contributed by atoms with Gasteiger partial charge < -0.3 is 15.3 Å². The van der Waals surface area contributed by atoms with Gasteiger partial charge in [-0.15, -0.1) is 0 Å². The summed E-state index contributed by atoms with van der Waals surface area (Å²) in [5.74, 6) is -3.45. The fourth-order valence-corrected chi connectivity index (χ4v) is 4.59. The summed E-state index contributed by atoms with van der Waals surface area (Å²) >= 11 is 0. The van der Waals surface area contributed by atoms with Crippen molar-refractivity contribution in [3.05, 3.63) is 78.4 Å². The van der Waals surface area contributed by atoms with Crippen LogP contribution in [0.2, 0.25) is 0 Å². The number of carboxylic acid groups (broad SMARTS) is 2. The molecule has 3 rings (SSSR count). The van der Waals surface area contributed by atoms with Crippen molar-refractivity contribution >= 4 is 27.6 Å². The maximum Gasteiger partial charge on any atom is 0.339 e. The van der Waals surface area contributed by atoms with Gasteiger partial charge in [0.15, 0.2) is 5.75 Å². The molecule has 0 fully saturated rings. The number of benzene rings is 3. The second-order valence-electron chi connectivity index (χ2n) is 6.59. The fraction of sp³-hybridized carbons (Fsp3) is 0.0909. The van der Waals surface area contributed by atoms with Crippen LogP contribution in [0.25, 0.3) is 11.1 Å². The largest absolute Gasteiger partial charge is 0.505 e. The first kappa shape index (κ1) is 21.8. The second kappa shape index (κ2) is 8.88. The molecule has 8 nitrogen and oxygen atoms in total. The van der Waals surface area contributed by atoms with Crippen molar-refractivity contribution in [2.75, 3.05) is 10.8 Å². The Bertz CT molecular complexity index is 1220. The molecule has 0 atom stereocenters. The molecule has 0 unspecified atom stereocenters. The molecule has 3 aromatic rings. The Labute approximate surface area is 178 Å². The summed E-state index contributed by atoms with van der Waals surface area (Å²) in [6.45, 7) is -0.496. The van der Waals surface area contributed by atoms with E-state index in [1.165, 1.54) is 24.3 Å². The molecule has 0 bridgehead atoms. The van der Waals surface area contributed by atoms with Crippen molar-refractivity contribution in [1.82, 2.24) is 0 Å². The summed E-state index contributed by atoms with van der Waals surface area (Å²) in [7, 11) is -4.33. The monoisotopic (exact) mass is 441 g/mol. The van der Waals surface area contributed by atoms with E-state index in [9.17, 15) is 28.2 Å². The number of carboxylic acids is 2. The minimum absolute atomic E-state index is 0.126. The standard InChI is InChI=1S/C22H19NO7S/c24-20(25)12-13-23(19-11-5-10-18(21(19)26)22(27)28)31(29,30)17-9-4-8-16(14-17)15-6-2-1-3-7-15/h1-11,14,26H,12-13H2,(H,24,25)(H,27,28). The van der Waals surface area contributed by atoms with E-state index in [4.69, 9.17) is 5.11 Å². The molecule has 0 aliphatic carbocycles. The van der Waals surface area contributed by atoms with Crippen LogP contribution in [-0.4, -0.2) is 42.2 Å². The van der Waals surface area contributed by atoms with Crippen LogP contribution in [0, 0.1) is 0 Å². The number of hydrogen-bond donors (Lipinski definition) is 3. The van der Waals surface area contributed by atoms with E-state index in [0.29, 0.717) is 9.87 Å². The van der Waals surface area contributed by atoms with Gasteiger partial charge in [0.1, 0.15) is 5.56 Å². The molecule has 0 aromatic heterocycles. The average molecular weight is 441 g/mol. The van der Waals surface area contributed by atoms with Crippen LogP contribution in [0.1, 0.15) is 16.8 Å². The normalized spacial score (nSPS) is 11.1. The highest BCUT2D eigenvalue weighted by Gasteiger charge is 2.29. The van der Waals surface area contributed by atoms with Gasteiger partial charge in [-0.2, -0.15) is 0 Å². The summed E-state index contributed by atoms with van der Waals surface area (Å²) in [6, 6.07) is 18.8. The molecule has 0 saturated carbocycles. The van der Waals surface area contributed by atoms with Crippen LogP contribution in [0.5, 0.6) is 5.75 Å². The third kappa shape index (κ3) is 4.67. The van der Waals surface area contributed by atoms with Gasteiger partial charge in [0, 0.05) is 6.54 Å². The number of aromatic hydroxyl groups is 1. The summed E-state index contributed by atoms with van der Waals surface area (Å²) in [4.78, 5) is 22.4. The Morgan fingerprint density at radius 2 is 1.48 bits per heavy atom. The van der Waals surface area contributed by atoms with Gasteiger partial charge in [-0.05, 0) is 35.4 Å². The van der Waals surface area contributed by atoms with Crippen LogP contribution >= 0.6 is 0 Å². The van der Waals surface area contributed by atoms with Crippen molar-refractivity contribution in [2.24, 2.45) is 0 Å².